The molecule has 1 aromatic heterocycles. The van der Waals surface area contributed by atoms with E-state index in [0.29, 0.717) is 18.3 Å². The fraction of sp³-hybridized carbons (Fsp3) is 0.667. The lowest BCUT2D eigenvalue weighted by molar-refractivity contribution is -0.136. The minimum Gasteiger partial charge on any atom is -0.481 e. The average molecular weight is 308 g/mol. The molecule has 1 aliphatic rings. The number of carboxylic acid groups (broad SMARTS) is 1. The third kappa shape index (κ3) is 4.84. The zero-order valence-corrected chi connectivity index (χ0v) is 13.1. The van der Waals surface area contributed by atoms with Gasteiger partial charge in [-0.2, -0.15) is 0 Å². The average Bonchev–Trinajstić information content (AvgIpc) is 2.47. The molecule has 7 heteroatoms. The summed E-state index contributed by atoms with van der Waals surface area (Å²) in [5.74, 6) is 0.956. The first-order chi connectivity index (χ1) is 10.6. The Morgan fingerprint density at radius 1 is 1.45 bits per heavy atom. The standard InChI is InChI=1S/C15H24N4O3/c1-10(2)15-11(4-3-7-22-15)19-13-8-12(17-9-18-13)16-6-5-14(20)21/h8-11,15H,3-7H2,1-2H3,(H,20,21)(H2,16,17,18,19). The van der Waals surface area contributed by atoms with E-state index in [9.17, 15) is 4.79 Å². The van der Waals surface area contributed by atoms with Crippen LogP contribution in [0.2, 0.25) is 0 Å². The smallest absolute Gasteiger partial charge is 0.305 e. The maximum atomic E-state index is 10.5. The predicted octanol–water partition coefficient (Wildman–Crippen LogP) is 1.98. The monoisotopic (exact) mass is 308 g/mol. The van der Waals surface area contributed by atoms with E-state index in [0.717, 1.165) is 25.3 Å². The van der Waals surface area contributed by atoms with Crippen molar-refractivity contribution in [2.75, 3.05) is 23.8 Å². The van der Waals surface area contributed by atoms with Gasteiger partial charge in [-0.25, -0.2) is 9.97 Å². The van der Waals surface area contributed by atoms with Crippen molar-refractivity contribution in [3.8, 4) is 0 Å². The Balaban J connectivity index is 1.95. The molecule has 1 saturated heterocycles. The Labute approximate surface area is 130 Å². The zero-order chi connectivity index (χ0) is 15.9. The summed E-state index contributed by atoms with van der Waals surface area (Å²) in [6, 6.07) is 2.03. The van der Waals surface area contributed by atoms with Crippen LogP contribution >= 0.6 is 0 Å². The van der Waals surface area contributed by atoms with Gasteiger partial charge in [0.15, 0.2) is 0 Å². The van der Waals surface area contributed by atoms with E-state index in [1.165, 1.54) is 6.33 Å². The highest BCUT2D eigenvalue weighted by molar-refractivity contribution is 5.67. The van der Waals surface area contributed by atoms with Crippen LogP contribution in [0.15, 0.2) is 12.4 Å². The van der Waals surface area contributed by atoms with Crippen LogP contribution in [-0.4, -0.2) is 46.3 Å². The number of ether oxygens (including phenoxy) is 1. The van der Waals surface area contributed by atoms with Crippen molar-refractivity contribution < 1.29 is 14.6 Å². The first kappa shape index (κ1) is 16.5. The second-order valence-corrected chi connectivity index (χ2v) is 5.83. The number of aliphatic carboxylic acids is 1. The van der Waals surface area contributed by atoms with Crippen LogP contribution in [0.1, 0.15) is 33.1 Å². The fourth-order valence-corrected chi connectivity index (χ4v) is 2.63. The molecule has 0 spiro atoms. The Bertz CT molecular complexity index is 495. The van der Waals surface area contributed by atoms with Crippen LogP contribution in [0.4, 0.5) is 11.6 Å². The van der Waals surface area contributed by atoms with Crippen LogP contribution in [-0.2, 0) is 9.53 Å². The molecule has 2 rings (SSSR count). The van der Waals surface area contributed by atoms with E-state index in [4.69, 9.17) is 9.84 Å². The Hall–Kier alpha value is -1.89. The molecular weight excluding hydrogens is 284 g/mol. The summed E-state index contributed by atoms with van der Waals surface area (Å²) in [4.78, 5) is 18.9. The number of carboxylic acids is 1. The second kappa shape index (κ2) is 7.93. The molecule has 2 heterocycles. The van der Waals surface area contributed by atoms with E-state index in [2.05, 4.69) is 34.4 Å². The fourth-order valence-electron chi connectivity index (χ4n) is 2.63. The van der Waals surface area contributed by atoms with Gasteiger partial charge in [0, 0.05) is 19.2 Å². The SMILES string of the molecule is CC(C)C1OCCCC1Nc1cc(NCCC(=O)O)ncn1. The molecule has 2 atom stereocenters. The van der Waals surface area contributed by atoms with E-state index < -0.39 is 5.97 Å². The topological polar surface area (TPSA) is 96.4 Å². The molecule has 3 N–H and O–H groups in total. The number of nitrogens with one attached hydrogen (secondary N) is 2. The summed E-state index contributed by atoms with van der Waals surface area (Å²) >= 11 is 0. The molecule has 0 saturated carbocycles. The maximum Gasteiger partial charge on any atom is 0.305 e. The van der Waals surface area contributed by atoms with Crippen molar-refractivity contribution in [2.45, 2.75) is 45.3 Å². The third-order valence-electron chi connectivity index (χ3n) is 3.67. The maximum absolute atomic E-state index is 10.5. The molecule has 7 nitrogen and oxygen atoms in total. The summed E-state index contributed by atoms with van der Waals surface area (Å²) in [5.41, 5.74) is 0. The van der Waals surface area contributed by atoms with Crippen molar-refractivity contribution >= 4 is 17.6 Å². The van der Waals surface area contributed by atoms with Gasteiger partial charge in [-0.1, -0.05) is 13.8 Å². The zero-order valence-electron chi connectivity index (χ0n) is 13.1. The van der Waals surface area contributed by atoms with Crippen molar-refractivity contribution in [1.29, 1.82) is 0 Å². The van der Waals surface area contributed by atoms with Crippen LogP contribution in [0.25, 0.3) is 0 Å². The van der Waals surface area contributed by atoms with Crippen molar-refractivity contribution in [3.05, 3.63) is 12.4 Å². The van der Waals surface area contributed by atoms with Gasteiger partial charge >= 0.3 is 5.97 Å². The van der Waals surface area contributed by atoms with E-state index in [1.54, 1.807) is 6.07 Å². The van der Waals surface area contributed by atoms with Gasteiger partial charge in [-0.15, -0.1) is 0 Å². The molecule has 2 unspecified atom stereocenters. The molecule has 0 bridgehead atoms. The van der Waals surface area contributed by atoms with Gasteiger partial charge in [0.25, 0.3) is 0 Å². The number of hydrogen-bond donors (Lipinski definition) is 3. The Morgan fingerprint density at radius 3 is 2.95 bits per heavy atom. The summed E-state index contributed by atoms with van der Waals surface area (Å²) in [5, 5.41) is 15.0. The van der Waals surface area contributed by atoms with E-state index >= 15 is 0 Å². The van der Waals surface area contributed by atoms with Crippen LogP contribution in [0, 0.1) is 5.92 Å². The van der Waals surface area contributed by atoms with Crippen LogP contribution in [0.3, 0.4) is 0 Å². The van der Waals surface area contributed by atoms with Crippen LogP contribution in [0.5, 0.6) is 0 Å². The number of anilines is 2. The van der Waals surface area contributed by atoms with Crippen LogP contribution < -0.4 is 10.6 Å². The van der Waals surface area contributed by atoms with Crippen molar-refractivity contribution in [1.82, 2.24) is 9.97 Å². The van der Waals surface area contributed by atoms with Gasteiger partial charge in [0.1, 0.15) is 18.0 Å². The van der Waals surface area contributed by atoms with Crippen molar-refractivity contribution in [2.24, 2.45) is 5.92 Å². The number of rotatable bonds is 7. The molecule has 0 aromatic carbocycles. The highest BCUT2D eigenvalue weighted by Crippen LogP contribution is 2.23. The predicted molar refractivity (Wildman–Crippen MR) is 84.0 cm³/mol. The quantitative estimate of drug-likeness (QED) is 0.708. The molecular formula is C15H24N4O3. The first-order valence-electron chi connectivity index (χ1n) is 7.72. The Kier molecular flexibility index (Phi) is 5.94. The normalized spacial score (nSPS) is 21.6. The van der Waals surface area contributed by atoms with Gasteiger partial charge in [0.05, 0.1) is 18.6 Å². The Morgan fingerprint density at radius 2 is 2.23 bits per heavy atom. The highest BCUT2D eigenvalue weighted by Gasteiger charge is 2.28. The lowest BCUT2D eigenvalue weighted by Gasteiger charge is -2.35. The molecule has 1 aliphatic heterocycles. The number of carbonyl (C=O) groups is 1. The lowest BCUT2D eigenvalue weighted by Crippen LogP contribution is -2.43. The summed E-state index contributed by atoms with van der Waals surface area (Å²) in [7, 11) is 0. The molecule has 1 fully saturated rings. The van der Waals surface area contributed by atoms with Gasteiger partial charge < -0.3 is 20.5 Å². The van der Waals surface area contributed by atoms with E-state index in [1.807, 2.05) is 0 Å². The van der Waals surface area contributed by atoms with Gasteiger partial charge in [0.2, 0.25) is 0 Å². The van der Waals surface area contributed by atoms with Gasteiger partial charge in [-0.05, 0) is 18.8 Å². The van der Waals surface area contributed by atoms with Gasteiger partial charge in [-0.3, -0.25) is 4.79 Å². The molecule has 1 aromatic rings. The largest absolute Gasteiger partial charge is 0.481 e. The molecule has 0 amide bonds. The third-order valence-corrected chi connectivity index (χ3v) is 3.67. The summed E-state index contributed by atoms with van der Waals surface area (Å²) < 4.78 is 5.86. The molecule has 122 valence electrons. The summed E-state index contributed by atoms with van der Waals surface area (Å²) in [6.07, 6.45) is 3.79. The van der Waals surface area contributed by atoms with E-state index in [-0.39, 0.29) is 18.6 Å². The minimum atomic E-state index is -0.834. The molecule has 22 heavy (non-hydrogen) atoms. The number of hydrogen-bond acceptors (Lipinski definition) is 6. The molecule has 0 radical (unpaired) electrons. The lowest BCUT2D eigenvalue weighted by atomic mass is 9.94. The number of nitrogens with zero attached hydrogens (tertiary/aromatic N) is 2. The second-order valence-electron chi connectivity index (χ2n) is 5.83. The highest BCUT2D eigenvalue weighted by atomic mass is 16.5. The number of aromatic nitrogens is 2. The summed E-state index contributed by atoms with van der Waals surface area (Å²) in [6.45, 7) is 5.47. The molecule has 0 aliphatic carbocycles. The minimum absolute atomic E-state index is 0.0542. The first-order valence-corrected chi connectivity index (χ1v) is 7.72. The van der Waals surface area contributed by atoms with Crippen molar-refractivity contribution in [3.63, 3.8) is 0 Å².